The van der Waals surface area contributed by atoms with Gasteiger partial charge >= 0.3 is 17.9 Å². The van der Waals surface area contributed by atoms with E-state index in [0.29, 0.717) is 45.4 Å². The molecule has 0 radical (unpaired) electrons. The standard InChI is InChI=1S/C33H57N5O11.CH2Cl2/c1-8-9-15-36(30(45)48-32(2,3)4)16-10-11-17-37(31(46)49-33(5,6)7)18-12-14-34-24(40)13-19-38-20-22(28(43)35-29(38)44)27-26(42)25(41)23(21-39)47-27;2-1-3/h20,23,25-27,39,41-42H,8-19,21H2,1-7H3,(H,34,40)(H,35,43,44);1H2/t23-,25?,26+,27+;/m1./s1. The number of nitrogens with zero attached hydrogens (tertiary/aromatic N) is 3. The molecule has 1 aliphatic heterocycles. The number of rotatable bonds is 17. The molecule has 0 spiro atoms. The summed E-state index contributed by atoms with van der Waals surface area (Å²) in [5.74, 6) is -0.370. The number of aromatic nitrogens is 2. The maximum Gasteiger partial charge on any atom is 0.410 e. The molecule has 1 unspecified atom stereocenters. The predicted octanol–water partition coefficient (Wildman–Crippen LogP) is 3.06. The molecule has 16 nitrogen and oxygen atoms in total. The Morgan fingerprint density at radius 1 is 0.904 bits per heavy atom. The Morgan fingerprint density at radius 3 is 1.87 bits per heavy atom. The Morgan fingerprint density at radius 2 is 1.40 bits per heavy atom. The molecule has 1 aromatic heterocycles. The van der Waals surface area contributed by atoms with Crippen LogP contribution in [-0.4, -0.2) is 127 Å². The quantitative estimate of drug-likeness (QED) is 0.114. The van der Waals surface area contributed by atoms with Crippen molar-refractivity contribution in [3.05, 3.63) is 32.6 Å². The minimum atomic E-state index is -1.49. The summed E-state index contributed by atoms with van der Waals surface area (Å²) in [6.45, 7) is 14.3. The van der Waals surface area contributed by atoms with E-state index in [1.165, 1.54) is 6.20 Å². The zero-order valence-corrected chi connectivity index (χ0v) is 33.0. The minimum Gasteiger partial charge on any atom is -0.444 e. The molecule has 5 N–H and O–H groups in total. The van der Waals surface area contributed by atoms with Crippen LogP contribution in [0.5, 0.6) is 0 Å². The predicted molar refractivity (Wildman–Crippen MR) is 197 cm³/mol. The molecule has 3 amide bonds. The van der Waals surface area contributed by atoms with Crippen LogP contribution < -0.4 is 16.6 Å². The maximum absolute atomic E-state index is 13.0. The molecular formula is C34H59Cl2N5O11. The van der Waals surface area contributed by atoms with Gasteiger partial charge in [-0.25, -0.2) is 14.4 Å². The zero-order chi connectivity index (χ0) is 39.6. The van der Waals surface area contributed by atoms with Crippen LogP contribution in [0.3, 0.4) is 0 Å². The van der Waals surface area contributed by atoms with E-state index in [4.69, 9.17) is 37.4 Å². The number of carbonyl (C=O) groups excluding carboxylic acids is 3. The van der Waals surface area contributed by atoms with Gasteiger partial charge in [0.2, 0.25) is 5.91 Å². The molecule has 1 fully saturated rings. The van der Waals surface area contributed by atoms with Crippen LogP contribution in [0, 0.1) is 0 Å². The van der Waals surface area contributed by atoms with E-state index in [9.17, 15) is 39.3 Å². The first-order valence-electron chi connectivity index (χ1n) is 17.6. The number of aliphatic hydroxyl groups excluding tert-OH is 3. The Hall–Kier alpha value is -2.89. The third kappa shape index (κ3) is 17.3. The number of halogens is 2. The van der Waals surface area contributed by atoms with E-state index in [-0.39, 0.29) is 42.4 Å². The number of ether oxygens (including phenoxy) is 3. The van der Waals surface area contributed by atoms with Gasteiger partial charge in [0.1, 0.15) is 35.6 Å². The van der Waals surface area contributed by atoms with E-state index < -0.39 is 59.6 Å². The molecule has 0 aromatic carbocycles. The fourth-order valence-corrected chi connectivity index (χ4v) is 5.06. The lowest BCUT2D eigenvalue weighted by Crippen LogP contribution is -2.40. The lowest BCUT2D eigenvalue weighted by Gasteiger charge is -2.29. The molecule has 2 rings (SSSR count). The van der Waals surface area contributed by atoms with E-state index in [1.54, 1.807) is 30.6 Å². The average molecular weight is 785 g/mol. The average Bonchev–Trinajstić information content (AvgIpc) is 3.32. The Balaban J connectivity index is 0.00000434. The number of H-pyrrole nitrogens is 1. The second-order valence-corrected chi connectivity index (χ2v) is 15.2. The third-order valence-corrected chi connectivity index (χ3v) is 7.59. The van der Waals surface area contributed by atoms with Gasteiger partial charge in [-0.3, -0.25) is 19.1 Å². The van der Waals surface area contributed by atoms with Crippen LogP contribution in [0.4, 0.5) is 9.59 Å². The summed E-state index contributed by atoms with van der Waals surface area (Å²) in [6.07, 6.45) is -1.55. The van der Waals surface area contributed by atoms with Crippen molar-refractivity contribution in [3.63, 3.8) is 0 Å². The number of nitrogens with one attached hydrogen (secondary N) is 2. The molecule has 0 saturated carbocycles. The maximum atomic E-state index is 13.0. The van der Waals surface area contributed by atoms with E-state index in [0.717, 1.165) is 17.4 Å². The first-order valence-corrected chi connectivity index (χ1v) is 18.7. The number of hydrogen-bond acceptors (Lipinski definition) is 11. The number of carbonyl (C=O) groups is 3. The number of hydrogen-bond donors (Lipinski definition) is 5. The molecule has 300 valence electrons. The number of aromatic amines is 1. The zero-order valence-electron chi connectivity index (χ0n) is 31.5. The van der Waals surface area contributed by atoms with Gasteiger partial charge in [-0.15, -0.1) is 23.2 Å². The Kier molecular flexibility index (Phi) is 20.9. The molecule has 52 heavy (non-hydrogen) atoms. The molecule has 18 heteroatoms. The number of unbranched alkanes of at least 4 members (excludes halogenated alkanes) is 2. The van der Waals surface area contributed by atoms with Gasteiger partial charge in [0.25, 0.3) is 5.56 Å². The number of aryl methyl sites for hydroxylation is 1. The number of aliphatic hydroxyl groups is 3. The van der Waals surface area contributed by atoms with Crippen molar-refractivity contribution in [3.8, 4) is 0 Å². The summed E-state index contributed by atoms with van der Waals surface area (Å²) >= 11 is 9.53. The largest absolute Gasteiger partial charge is 0.444 e. The van der Waals surface area contributed by atoms with Gasteiger partial charge in [-0.05, 0) is 67.2 Å². The van der Waals surface area contributed by atoms with Crippen LogP contribution in [0.2, 0.25) is 0 Å². The fourth-order valence-electron chi connectivity index (χ4n) is 5.06. The topological polar surface area (TPSA) is 213 Å². The lowest BCUT2D eigenvalue weighted by atomic mass is 10.0. The second-order valence-electron chi connectivity index (χ2n) is 14.3. The highest BCUT2D eigenvalue weighted by Gasteiger charge is 2.44. The SMILES string of the molecule is CCCCN(CCCCN(CCCNC(=O)CCn1cc([C@@H]2O[C@H](CO)C(O)[C@@H]2O)c(=O)[nH]c1=O)C(=O)OC(C)(C)C)C(=O)OC(C)(C)C.ClCCl. The molecule has 0 aliphatic carbocycles. The molecular weight excluding hydrogens is 725 g/mol. The Bertz CT molecular complexity index is 1360. The smallest absolute Gasteiger partial charge is 0.410 e. The van der Waals surface area contributed by atoms with E-state index in [1.807, 2.05) is 20.8 Å². The van der Waals surface area contributed by atoms with E-state index >= 15 is 0 Å². The van der Waals surface area contributed by atoms with Crippen molar-refractivity contribution in [1.82, 2.24) is 24.7 Å². The van der Waals surface area contributed by atoms with E-state index in [2.05, 4.69) is 17.2 Å². The van der Waals surface area contributed by atoms with Crippen LogP contribution >= 0.6 is 23.2 Å². The van der Waals surface area contributed by atoms with Gasteiger partial charge in [0, 0.05) is 51.9 Å². The minimum absolute atomic E-state index is 0.0914. The van der Waals surface area contributed by atoms with Crippen molar-refractivity contribution in [1.29, 1.82) is 0 Å². The lowest BCUT2D eigenvalue weighted by molar-refractivity contribution is -0.121. The summed E-state index contributed by atoms with van der Waals surface area (Å²) in [7, 11) is 0. The molecule has 1 aliphatic rings. The number of alkyl halides is 2. The highest BCUT2D eigenvalue weighted by Crippen LogP contribution is 2.31. The first kappa shape index (κ1) is 47.1. The van der Waals surface area contributed by atoms with Crippen LogP contribution in [0.15, 0.2) is 15.8 Å². The Labute approximate surface area is 315 Å². The van der Waals surface area contributed by atoms with Gasteiger partial charge in [0.15, 0.2) is 0 Å². The summed E-state index contributed by atoms with van der Waals surface area (Å²) < 4.78 is 17.6. The molecule has 1 saturated heterocycles. The van der Waals surface area contributed by atoms with Crippen molar-refractivity contribution in [2.24, 2.45) is 0 Å². The van der Waals surface area contributed by atoms with Gasteiger partial charge in [0.05, 0.1) is 17.5 Å². The third-order valence-electron chi connectivity index (χ3n) is 7.59. The van der Waals surface area contributed by atoms with Crippen molar-refractivity contribution in [2.75, 3.05) is 44.7 Å². The second kappa shape index (κ2) is 23.0. The van der Waals surface area contributed by atoms with Gasteiger partial charge in [-0.2, -0.15) is 0 Å². The van der Waals surface area contributed by atoms with Crippen molar-refractivity contribution in [2.45, 2.75) is 129 Å². The van der Waals surface area contributed by atoms with Crippen molar-refractivity contribution < 1.29 is 43.9 Å². The molecule has 1 aromatic rings. The normalized spacial score (nSPS) is 18.6. The molecule has 4 atom stereocenters. The summed E-state index contributed by atoms with van der Waals surface area (Å²) in [5.41, 5.74) is -2.99. The summed E-state index contributed by atoms with van der Waals surface area (Å²) in [5, 5.41) is 32.6. The van der Waals surface area contributed by atoms with Gasteiger partial charge in [-0.1, -0.05) is 13.3 Å². The first-order chi connectivity index (χ1) is 24.3. The van der Waals surface area contributed by atoms with Crippen LogP contribution in [-0.2, 0) is 25.5 Å². The highest BCUT2D eigenvalue weighted by atomic mass is 35.5. The summed E-state index contributed by atoms with van der Waals surface area (Å²) in [6, 6.07) is 0. The molecule has 0 bridgehead atoms. The number of amides is 3. The summed E-state index contributed by atoms with van der Waals surface area (Å²) in [4.78, 5) is 68.4. The van der Waals surface area contributed by atoms with Gasteiger partial charge < -0.3 is 44.6 Å². The monoisotopic (exact) mass is 783 g/mol. The highest BCUT2D eigenvalue weighted by molar-refractivity contribution is 6.40. The van der Waals surface area contributed by atoms with Crippen LogP contribution in [0.25, 0.3) is 0 Å². The molecule has 2 heterocycles. The van der Waals surface area contributed by atoms with Crippen LogP contribution in [0.1, 0.15) is 98.7 Å². The fraction of sp³-hybridized carbons (Fsp3) is 0.794. The van der Waals surface area contributed by atoms with Crippen molar-refractivity contribution >= 4 is 41.3 Å².